The molecule has 3 heterocycles. The minimum Gasteiger partial charge on any atom is -0.493 e. The van der Waals surface area contributed by atoms with Crippen LogP contribution in [-0.4, -0.2) is 107 Å². The van der Waals surface area contributed by atoms with E-state index in [0.717, 1.165) is 5.56 Å². The molecule has 15 nitrogen and oxygen atoms in total. The third-order valence-corrected chi connectivity index (χ3v) is 9.77. The molecule has 1 saturated heterocycles. The van der Waals surface area contributed by atoms with Crippen molar-refractivity contribution in [2.75, 3.05) is 46.9 Å². The van der Waals surface area contributed by atoms with E-state index in [0.29, 0.717) is 94.4 Å². The molecular formula is C36H54N8O7. The van der Waals surface area contributed by atoms with Crippen molar-refractivity contribution >= 4 is 29.5 Å². The Kier molecular flexibility index (Phi) is 14.2. The van der Waals surface area contributed by atoms with Gasteiger partial charge in [0.2, 0.25) is 29.5 Å². The van der Waals surface area contributed by atoms with Crippen molar-refractivity contribution in [3.63, 3.8) is 0 Å². The molecule has 51 heavy (non-hydrogen) atoms. The van der Waals surface area contributed by atoms with E-state index in [-0.39, 0.29) is 54.3 Å². The summed E-state index contributed by atoms with van der Waals surface area (Å²) in [5, 5.41) is 13.5. The van der Waals surface area contributed by atoms with Crippen LogP contribution in [0.5, 0.6) is 11.5 Å². The third-order valence-electron chi connectivity index (χ3n) is 9.77. The summed E-state index contributed by atoms with van der Waals surface area (Å²) in [7, 11) is 3.13. The largest absolute Gasteiger partial charge is 0.493 e. The normalized spacial score (nSPS) is 20.9. The lowest BCUT2D eigenvalue weighted by molar-refractivity contribution is -0.140. The molecular weight excluding hydrogens is 656 g/mol. The molecule has 0 spiro atoms. The molecule has 3 atom stereocenters. The van der Waals surface area contributed by atoms with Gasteiger partial charge in [-0.15, -0.1) is 0 Å². The van der Waals surface area contributed by atoms with E-state index < -0.39 is 12.1 Å². The van der Waals surface area contributed by atoms with E-state index in [9.17, 15) is 24.0 Å². The summed E-state index contributed by atoms with van der Waals surface area (Å²) >= 11 is 0. The Balaban J connectivity index is 1.56. The van der Waals surface area contributed by atoms with Gasteiger partial charge in [0.25, 0.3) is 0 Å². The molecule has 280 valence electrons. The highest BCUT2D eigenvalue weighted by Crippen LogP contribution is 2.28. The summed E-state index contributed by atoms with van der Waals surface area (Å²) < 4.78 is 12.3. The summed E-state index contributed by atoms with van der Waals surface area (Å²) in [6, 6.07) is 4.11. The summed E-state index contributed by atoms with van der Waals surface area (Å²) in [6.07, 6.45) is 3.26. The number of nitrogens with zero attached hydrogens (tertiary/aromatic N) is 5. The highest BCUT2D eigenvalue weighted by Gasteiger charge is 2.31. The van der Waals surface area contributed by atoms with Crippen LogP contribution in [0.2, 0.25) is 0 Å². The zero-order valence-electron chi connectivity index (χ0n) is 30.8. The molecule has 4 rings (SSSR count). The van der Waals surface area contributed by atoms with Crippen LogP contribution in [0.4, 0.5) is 0 Å². The number of aromatic nitrogens is 3. The molecule has 1 aromatic carbocycles. The van der Waals surface area contributed by atoms with Crippen molar-refractivity contribution in [3.05, 3.63) is 35.4 Å². The van der Waals surface area contributed by atoms with E-state index in [2.05, 4.69) is 21.0 Å². The van der Waals surface area contributed by atoms with Gasteiger partial charge in [-0.1, -0.05) is 26.3 Å². The average Bonchev–Trinajstić information content (AvgIpc) is 3.51. The van der Waals surface area contributed by atoms with Gasteiger partial charge in [-0.25, -0.2) is 9.67 Å². The Bertz CT molecular complexity index is 1540. The number of carbonyl (C=O) groups is 5. The highest BCUT2D eigenvalue weighted by molar-refractivity contribution is 5.88. The van der Waals surface area contributed by atoms with E-state index in [1.54, 1.807) is 37.0 Å². The van der Waals surface area contributed by atoms with E-state index in [4.69, 9.17) is 14.5 Å². The molecule has 1 aromatic heterocycles. The summed E-state index contributed by atoms with van der Waals surface area (Å²) in [5.41, 5.74) is 0.867. The Morgan fingerprint density at radius 2 is 1.67 bits per heavy atom. The number of likely N-dealkylation sites (tertiary alicyclic amines) is 1. The van der Waals surface area contributed by atoms with Gasteiger partial charge in [0, 0.05) is 58.4 Å². The molecule has 5 amide bonds. The van der Waals surface area contributed by atoms with Crippen molar-refractivity contribution < 1.29 is 33.4 Å². The van der Waals surface area contributed by atoms with Crippen LogP contribution in [0, 0.1) is 11.8 Å². The van der Waals surface area contributed by atoms with Gasteiger partial charge in [0.05, 0.1) is 20.3 Å². The van der Waals surface area contributed by atoms with Crippen molar-refractivity contribution in [2.45, 2.75) is 91.3 Å². The van der Waals surface area contributed by atoms with Crippen molar-refractivity contribution in [1.82, 2.24) is 40.5 Å². The number of carbonyl (C=O) groups excluding carboxylic acids is 5. The van der Waals surface area contributed by atoms with Crippen molar-refractivity contribution in [3.8, 4) is 11.5 Å². The van der Waals surface area contributed by atoms with E-state index in [1.807, 2.05) is 26.0 Å². The Labute approximate surface area is 300 Å². The molecule has 0 saturated carbocycles. The molecule has 0 bridgehead atoms. The number of fused-ring (bicyclic) bond motifs is 1. The second-order valence-corrected chi connectivity index (χ2v) is 13.5. The summed E-state index contributed by atoms with van der Waals surface area (Å²) in [6.45, 7) is 9.24. The molecule has 0 aliphatic carbocycles. The SMILES string of the molecule is CC[C@H](C)[C@@H]1NC(=O)CCCN(C(=O)C2CCN(C(C)=O)CC2)CCCNC(=O)Cn2nc(Cc3ccc(OC)c(OC)c3)nc2[C@@H](C)NC1=O. The van der Waals surface area contributed by atoms with Gasteiger partial charge in [-0.2, -0.15) is 5.10 Å². The molecule has 0 radical (unpaired) electrons. The Morgan fingerprint density at radius 3 is 2.33 bits per heavy atom. The van der Waals surface area contributed by atoms with Crippen molar-refractivity contribution in [2.24, 2.45) is 11.8 Å². The zero-order chi connectivity index (χ0) is 37.1. The fourth-order valence-corrected chi connectivity index (χ4v) is 6.55. The smallest absolute Gasteiger partial charge is 0.243 e. The molecule has 0 unspecified atom stereocenters. The van der Waals surface area contributed by atoms with Crippen LogP contribution in [0.25, 0.3) is 0 Å². The second-order valence-electron chi connectivity index (χ2n) is 13.5. The van der Waals surface area contributed by atoms with Crippen LogP contribution in [0.1, 0.15) is 89.5 Å². The quantitative estimate of drug-likeness (QED) is 0.388. The van der Waals surface area contributed by atoms with Crippen LogP contribution < -0.4 is 25.4 Å². The first kappa shape index (κ1) is 39.1. The molecule has 15 heteroatoms. The predicted molar refractivity (Wildman–Crippen MR) is 189 cm³/mol. The van der Waals surface area contributed by atoms with Crippen LogP contribution in [0.3, 0.4) is 0 Å². The van der Waals surface area contributed by atoms with Crippen LogP contribution in [-0.2, 0) is 36.9 Å². The summed E-state index contributed by atoms with van der Waals surface area (Å²) in [5.74, 6) is 0.742. The maximum absolute atomic E-state index is 13.7. The van der Waals surface area contributed by atoms with Gasteiger partial charge in [-0.05, 0) is 56.2 Å². The third kappa shape index (κ3) is 10.7. The van der Waals surface area contributed by atoms with Gasteiger partial charge in [-0.3, -0.25) is 24.0 Å². The first-order valence-corrected chi connectivity index (χ1v) is 18.0. The lowest BCUT2D eigenvalue weighted by Crippen LogP contribution is -2.51. The van der Waals surface area contributed by atoms with E-state index in [1.165, 1.54) is 11.6 Å². The van der Waals surface area contributed by atoms with Crippen LogP contribution >= 0.6 is 0 Å². The number of nitrogens with one attached hydrogen (secondary N) is 3. The number of piperidine rings is 1. The molecule has 2 aromatic rings. The van der Waals surface area contributed by atoms with Crippen molar-refractivity contribution in [1.29, 1.82) is 0 Å². The standard InChI is InChI=1S/C36H54N8O7/c1-7-23(2)33-35(48)38-24(3)34-39-30(21-26-11-12-28(50-5)29(20-26)51-6)41-44(34)22-32(47)37-15-9-17-43(16-8-10-31(46)40-33)36(49)27-13-18-42(19-14-27)25(4)45/h11-12,20,23-24,27,33H,7-10,13-19,21-22H2,1-6H3,(H,37,47)(H,38,48)(H,40,46)/t23-,24+,33-/m0/s1. The fourth-order valence-electron chi connectivity index (χ4n) is 6.55. The minimum atomic E-state index is -0.793. The Hall–Kier alpha value is -4.69. The molecule has 3 N–H and O–H groups in total. The van der Waals surface area contributed by atoms with Gasteiger partial charge >= 0.3 is 0 Å². The molecule has 2 aliphatic rings. The fraction of sp³-hybridized carbons (Fsp3) is 0.639. The number of ether oxygens (including phenoxy) is 2. The van der Waals surface area contributed by atoms with Crippen LogP contribution in [0.15, 0.2) is 18.2 Å². The summed E-state index contributed by atoms with van der Waals surface area (Å²) in [4.78, 5) is 73.8. The minimum absolute atomic E-state index is 0.000505. The first-order chi connectivity index (χ1) is 24.4. The average molecular weight is 711 g/mol. The molecule has 2 aliphatic heterocycles. The number of methoxy groups -OCH3 is 2. The molecule has 1 fully saturated rings. The monoisotopic (exact) mass is 710 g/mol. The predicted octanol–water partition coefficient (Wildman–Crippen LogP) is 1.98. The number of amides is 5. The highest BCUT2D eigenvalue weighted by atomic mass is 16.5. The number of hydrogen-bond acceptors (Lipinski definition) is 9. The number of hydrogen-bond donors (Lipinski definition) is 3. The first-order valence-electron chi connectivity index (χ1n) is 18.0. The van der Waals surface area contributed by atoms with Gasteiger partial charge in [0.1, 0.15) is 18.4 Å². The van der Waals surface area contributed by atoms with Gasteiger partial charge < -0.3 is 35.2 Å². The topological polar surface area (TPSA) is 177 Å². The van der Waals surface area contributed by atoms with E-state index >= 15 is 0 Å². The maximum Gasteiger partial charge on any atom is 0.243 e. The Morgan fingerprint density at radius 1 is 0.961 bits per heavy atom. The number of benzene rings is 1. The number of rotatable bonds is 7. The maximum atomic E-state index is 13.7. The second kappa shape index (κ2) is 18.5. The lowest BCUT2D eigenvalue weighted by atomic mass is 9.95. The van der Waals surface area contributed by atoms with Gasteiger partial charge in [0.15, 0.2) is 17.3 Å². The zero-order valence-corrected chi connectivity index (χ0v) is 30.8. The lowest BCUT2D eigenvalue weighted by Gasteiger charge is -2.34.